The summed E-state index contributed by atoms with van der Waals surface area (Å²) in [6, 6.07) is 1.91. The molecule has 0 radical (unpaired) electrons. The van der Waals surface area contributed by atoms with E-state index in [-0.39, 0.29) is 0 Å². The number of hydrogen-bond acceptors (Lipinski definition) is 1. The van der Waals surface area contributed by atoms with E-state index in [2.05, 4.69) is 4.98 Å². The molecule has 1 nitrogen and oxygen atoms in total. The van der Waals surface area contributed by atoms with Crippen LogP contribution in [0.5, 0.6) is 0 Å². The van der Waals surface area contributed by atoms with Gasteiger partial charge in [0.05, 0.1) is 0 Å². The summed E-state index contributed by atoms with van der Waals surface area (Å²) in [5.41, 5.74) is 0.354. The van der Waals surface area contributed by atoms with E-state index in [1.165, 1.54) is 13.0 Å². The molecule has 1 heterocycles. The molecule has 0 spiro atoms. The molecule has 1 aromatic heterocycles. The maximum Gasteiger partial charge on any atom is 0.215 e. The molecule has 0 fully saturated rings. The van der Waals surface area contributed by atoms with Crippen molar-refractivity contribution < 1.29 is 8.78 Å². The summed E-state index contributed by atoms with van der Waals surface area (Å²) in [6.07, 6.45) is 0. The van der Waals surface area contributed by atoms with E-state index in [1.54, 1.807) is 0 Å². The first kappa shape index (κ1) is 6.13. The van der Waals surface area contributed by atoms with E-state index >= 15 is 0 Å². The minimum Gasteiger partial charge on any atom is -0.225 e. The highest BCUT2D eigenvalue weighted by molar-refractivity contribution is 5.04. The zero-order chi connectivity index (χ0) is 6.85. The first-order valence-corrected chi connectivity index (χ1v) is 2.48. The van der Waals surface area contributed by atoms with E-state index in [1.807, 2.05) is 0 Å². The monoisotopic (exact) mass is 129 g/mol. The zero-order valence-electron chi connectivity index (χ0n) is 4.86. The van der Waals surface area contributed by atoms with Crippen LogP contribution < -0.4 is 0 Å². The minimum atomic E-state index is -0.771. The van der Waals surface area contributed by atoms with Gasteiger partial charge in [0.2, 0.25) is 5.95 Å². The zero-order valence-corrected chi connectivity index (χ0v) is 4.86. The Balaban J connectivity index is 3.17. The van der Waals surface area contributed by atoms with Crippen molar-refractivity contribution in [2.75, 3.05) is 0 Å². The Morgan fingerprint density at radius 2 is 2.00 bits per heavy atom. The number of aromatic nitrogens is 1. The van der Waals surface area contributed by atoms with E-state index < -0.39 is 11.8 Å². The van der Waals surface area contributed by atoms with Gasteiger partial charge in [0.1, 0.15) is 5.82 Å². The number of hydrogen-bond donors (Lipinski definition) is 0. The summed E-state index contributed by atoms with van der Waals surface area (Å²) in [5, 5.41) is 0. The SMILES string of the molecule is Cc1cc(F)cc(F)n1. The number of rotatable bonds is 0. The normalized spacial score (nSPS) is 9.67. The third-order valence-electron chi connectivity index (χ3n) is 0.887. The maximum absolute atomic E-state index is 12.1. The summed E-state index contributed by atoms with van der Waals surface area (Å²) in [5.74, 6) is -1.35. The van der Waals surface area contributed by atoms with Gasteiger partial charge < -0.3 is 0 Å². The predicted octanol–water partition coefficient (Wildman–Crippen LogP) is 1.67. The van der Waals surface area contributed by atoms with Gasteiger partial charge in [0.15, 0.2) is 0 Å². The van der Waals surface area contributed by atoms with Crippen molar-refractivity contribution in [2.45, 2.75) is 6.92 Å². The van der Waals surface area contributed by atoms with Gasteiger partial charge >= 0.3 is 0 Å². The number of aryl methyl sites for hydroxylation is 1. The highest BCUT2D eigenvalue weighted by Crippen LogP contribution is 2.00. The molecule has 0 aliphatic rings. The van der Waals surface area contributed by atoms with Crippen LogP contribution in [0.2, 0.25) is 0 Å². The second-order valence-corrected chi connectivity index (χ2v) is 1.75. The van der Waals surface area contributed by atoms with Crippen molar-refractivity contribution in [3.8, 4) is 0 Å². The first-order chi connectivity index (χ1) is 4.18. The lowest BCUT2D eigenvalue weighted by Gasteiger charge is -1.90. The predicted molar refractivity (Wildman–Crippen MR) is 28.9 cm³/mol. The molecule has 9 heavy (non-hydrogen) atoms. The van der Waals surface area contributed by atoms with Crippen LogP contribution in [-0.4, -0.2) is 4.98 Å². The van der Waals surface area contributed by atoms with Crippen molar-refractivity contribution in [2.24, 2.45) is 0 Å². The molecule has 1 aromatic rings. The standard InChI is InChI=1S/C6H5F2N/c1-4-2-5(7)3-6(8)9-4/h2-3H,1H3. The fraction of sp³-hybridized carbons (Fsp3) is 0.167. The first-order valence-electron chi connectivity index (χ1n) is 2.48. The summed E-state index contributed by atoms with van der Waals surface area (Å²) in [6.45, 7) is 1.53. The molecule has 0 aliphatic carbocycles. The molecular weight excluding hydrogens is 124 g/mol. The van der Waals surface area contributed by atoms with Crippen molar-refractivity contribution in [3.05, 3.63) is 29.6 Å². The lowest BCUT2D eigenvalue weighted by Crippen LogP contribution is -1.87. The summed E-state index contributed by atoms with van der Waals surface area (Å²) in [7, 11) is 0. The van der Waals surface area contributed by atoms with Gasteiger partial charge in [-0.15, -0.1) is 0 Å². The fourth-order valence-electron chi connectivity index (χ4n) is 0.588. The second-order valence-electron chi connectivity index (χ2n) is 1.75. The average Bonchev–Trinajstić information content (AvgIpc) is 1.59. The summed E-state index contributed by atoms with van der Waals surface area (Å²) < 4.78 is 24.2. The molecule has 0 atom stereocenters. The average molecular weight is 129 g/mol. The molecule has 0 amide bonds. The largest absolute Gasteiger partial charge is 0.225 e. The molecule has 0 N–H and O–H groups in total. The molecule has 0 aromatic carbocycles. The van der Waals surface area contributed by atoms with Crippen LogP contribution in [0, 0.1) is 18.7 Å². The van der Waals surface area contributed by atoms with Crippen molar-refractivity contribution in [3.63, 3.8) is 0 Å². The van der Waals surface area contributed by atoms with Gasteiger partial charge in [0, 0.05) is 11.8 Å². The summed E-state index contributed by atoms with van der Waals surface area (Å²) in [4.78, 5) is 3.33. The third kappa shape index (κ3) is 1.45. The van der Waals surface area contributed by atoms with Crippen molar-refractivity contribution in [1.82, 2.24) is 4.98 Å². The van der Waals surface area contributed by atoms with E-state index in [9.17, 15) is 8.78 Å². The number of pyridine rings is 1. The lowest BCUT2D eigenvalue weighted by molar-refractivity contribution is 0.548. The van der Waals surface area contributed by atoms with Gasteiger partial charge in [-0.2, -0.15) is 4.39 Å². The lowest BCUT2D eigenvalue weighted by atomic mass is 10.4. The number of halogens is 2. The Hall–Kier alpha value is -0.990. The smallest absolute Gasteiger partial charge is 0.215 e. The Bertz CT molecular complexity index is 172. The van der Waals surface area contributed by atoms with Crippen LogP contribution >= 0.6 is 0 Å². The summed E-state index contributed by atoms with van der Waals surface area (Å²) >= 11 is 0. The second kappa shape index (κ2) is 2.09. The van der Waals surface area contributed by atoms with Crippen LogP contribution in [-0.2, 0) is 0 Å². The Labute approximate surface area is 51.3 Å². The van der Waals surface area contributed by atoms with E-state index in [4.69, 9.17) is 0 Å². The quantitative estimate of drug-likeness (QED) is 0.485. The molecule has 0 saturated carbocycles. The van der Waals surface area contributed by atoms with E-state index in [0.29, 0.717) is 5.69 Å². The van der Waals surface area contributed by atoms with Crippen LogP contribution in [0.1, 0.15) is 5.69 Å². The maximum atomic E-state index is 12.1. The van der Waals surface area contributed by atoms with E-state index in [0.717, 1.165) is 6.07 Å². The van der Waals surface area contributed by atoms with Gasteiger partial charge in [0.25, 0.3) is 0 Å². The molecule has 0 aliphatic heterocycles. The topological polar surface area (TPSA) is 12.9 Å². The fourth-order valence-corrected chi connectivity index (χ4v) is 0.588. The van der Waals surface area contributed by atoms with Gasteiger partial charge in [-0.25, -0.2) is 9.37 Å². The molecule has 0 bridgehead atoms. The van der Waals surface area contributed by atoms with Gasteiger partial charge in [-0.3, -0.25) is 0 Å². The Kier molecular flexibility index (Phi) is 1.42. The third-order valence-corrected chi connectivity index (χ3v) is 0.887. The van der Waals surface area contributed by atoms with Crippen molar-refractivity contribution in [1.29, 1.82) is 0 Å². The molecule has 0 saturated heterocycles. The molecule has 3 heteroatoms. The van der Waals surface area contributed by atoms with Gasteiger partial charge in [-0.1, -0.05) is 0 Å². The van der Waals surface area contributed by atoms with Crippen LogP contribution in [0.15, 0.2) is 12.1 Å². The molecule has 48 valence electrons. The van der Waals surface area contributed by atoms with Crippen LogP contribution in [0.4, 0.5) is 8.78 Å². The van der Waals surface area contributed by atoms with Crippen molar-refractivity contribution >= 4 is 0 Å². The highest BCUT2D eigenvalue weighted by Gasteiger charge is 1.95. The van der Waals surface area contributed by atoms with Crippen LogP contribution in [0.25, 0.3) is 0 Å². The highest BCUT2D eigenvalue weighted by atomic mass is 19.1. The van der Waals surface area contributed by atoms with Crippen LogP contribution in [0.3, 0.4) is 0 Å². The Morgan fingerprint density at radius 3 is 2.44 bits per heavy atom. The number of nitrogens with zero attached hydrogens (tertiary/aromatic N) is 1. The molecule has 0 unspecified atom stereocenters. The molecule has 1 rings (SSSR count). The molecular formula is C6H5F2N. The minimum absolute atomic E-state index is 0.354. The van der Waals surface area contributed by atoms with Gasteiger partial charge in [-0.05, 0) is 13.0 Å². The Morgan fingerprint density at radius 1 is 1.33 bits per heavy atom.